The van der Waals surface area contributed by atoms with Crippen LogP contribution in [0.4, 0.5) is 0 Å². The van der Waals surface area contributed by atoms with Crippen molar-refractivity contribution in [1.29, 1.82) is 0 Å². The maximum atomic E-state index is 12.8. The van der Waals surface area contributed by atoms with Crippen molar-refractivity contribution in [3.8, 4) is 5.75 Å². The van der Waals surface area contributed by atoms with Crippen molar-refractivity contribution in [3.05, 3.63) is 23.8 Å². The number of nitrogens with two attached hydrogens (primary N) is 2. The van der Waals surface area contributed by atoms with E-state index in [0.717, 1.165) is 12.8 Å². The quantitative estimate of drug-likeness (QED) is 0.810. The number of benzene rings is 1. The molecule has 24 heavy (non-hydrogen) atoms. The van der Waals surface area contributed by atoms with E-state index in [9.17, 15) is 13.2 Å². The first-order valence-electron chi connectivity index (χ1n) is 7.49. The lowest BCUT2D eigenvalue weighted by atomic mass is 9.92. The second-order valence-corrected chi connectivity index (χ2v) is 7.48. The molecule has 0 aliphatic carbocycles. The molecular formula is C15H24ClN3O4S. The van der Waals surface area contributed by atoms with Gasteiger partial charge in [0.15, 0.2) is 0 Å². The van der Waals surface area contributed by atoms with Crippen molar-refractivity contribution >= 4 is 28.3 Å². The van der Waals surface area contributed by atoms with Crippen molar-refractivity contribution in [2.45, 2.75) is 30.7 Å². The minimum Gasteiger partial charge on any atom is -0.496 e. The van der Waals surface area contributed by atoms with Crippen LogP contribution in [0.3, 0.4) is 0 Å². The standard InChI is InChI=1S/C15H23N3O4S.ClH/c1-10(16)11-4-3-7-18(9-11)15(19)13-8-12(23(17,20)21)5-6-14(13)22-2;/h5-6,8,10-11H,3-4,7,9,16H2,1-2H3,(H2,17,20,21);1H. The Balaban J connectivity index is 0.00000288. The summed E-state index contributed by atoms with van der Waals surface area (Å²) in [4.78, 5) is 14.4. The van der Waals surface area contributed by atoms with E-state index >= 15 is 0 Å². The molecule has 7 nitrogen and oxygen atoms in total. The van der Waals surface area contributed by atoms with E-state index in [-0.39, 0.29) is 40.7 Å². The second kappa shape index (κ2) is 8.15. The number of hydrogen-bond donors (Lipinski definition) is 2. The molecule has 136 valence electrons. The molecule has 1 heterocycles. The van der Waals surface area contributed by atoms with Gasteiger partial charge in [-0.3, -0.25) is 4.79 Å². The molecule has 0 radical (unpaired) electrons. The number of rotatable bonds is 4. The van der Waals surface area contributed by atoms with Gasteiger partial charge in [-0.15, -0.1) is 12.4 Å². The Morgan fingerprint density at radius 1 is 1.42 bits per heavy atom. The second-order valence-electron chi connectivity index (χ2n) is 5.92. The van der Waals surface area contributed by atoms with Crippen molar-refractivity contribution < 1.29 is 17.9 Å². The van der Waals surface area contributed by atoms with Gasteiger partial charge in [0.25, 0.3) is 5.91 Å². The van der Waals surface area contributed by atoms with Crippen LogP contribution in [0.1, 0.15) is 30.1 Å². The summed E-state index contributed by atoms with van der Waals surface area (Å²) in [6.45, 7) is 3.10. The maximum Gasteiger partial charge on any atom is 0.257 e. The molecule has 2 unspecified atom stereocenters. The Labute approximate surface area is 148 Å². The Morgan fingerprint density at radius 3 is 2.62 bits per heavy atom. The van der Waals surface area contributed by atoms with Gasteiger partial charge in [-0.05, 0) is 43.9 Å². The van der Waals surface area contributed by atoms with Crippen LogP contribution in [0.15, 0.2) is 23.1 Å². The number of amides is 1. The summed E-state index contributed by atoms with van der Waals surface area (Å²) >= 11 is 0. The van der Waals surface area contributed by atoms with E-state index < -0.39 is 10.0 Å². The summed E-state index contributed by atoms with van der Waals surface area (Å²) in [5.74, 6) is 0.295. The van der Waals surface area contributed by atoms with E-state index in [2.05, 4.69) is 0 Å². The molecule has 1 aliphatic rings. The highest BCUT2D eigenvalue weighted by molar-refractivity contribution is 7.89. The zero-order valence-corrected chi connectivity index (χ0v) is 15.4. The number of piperidine rings is 1. The van der Waals surface area contributed by atoms with Gasteiger partial charge in [0.2, 0.25) is 10.0 Å². The number of halogens is 1. The normalized spacial score (nSPS) is 19.3. The third kappa shape index (κ3) is 4.60. The van der Waals surface area contributed by atoms with E-state index in [1.54, 1.807) is 4.90 Å². The number of likely N-dealkylation sites (tertiary alicyclic amines) is 1. The Morgan fingerprint density at radius 2 is 2.08 bits per heavy atom. The number of sulfonamides is 1. The van der Waals surface area contributed by atoms with Gasteiger partial charge in [-0.25, -0.2) is 13.6 Å². The maximum absolute atomic E-state index is 12.8. The summed E-state index contributed by atoms with van der Waals surface area (Å²) in [6, 6.07) is 4.04. The molecule has 4 N–H and O–H groups in total. The van der Waals surface area contributed by atoms with Gasteiger partial charge < -0.3 is 15.4 Å². The minimum absolute atomic E-state index is 0. The SMILES string of the molecule is COc1ccc(S(N)(=O)=O)cc1C(=O)N1CCCC(C(C)N)C1.Cl. The lowest BCUT2D eigenvalue weighted by Gasteiger charge is -2.35. The highest BCUT2D eigenvalue weighted by Crippen LogP contribution is 2.26. The molecule has 1 aromatic carbocycles. The molecule has 1 fully saturated rings. The van der Waals surface area contributed by atoms with Gasteiger partial charge in [-0.2, -0.15) is 0 Å². The third-order valence-electron chi connectivity index (χ3n) is 4.22. The molecule has 1 aromatic rings. The molecule has 1 amide bonds. The van der Waals surface area contributed by atoms with Crippen molar-refractivity contribution in [1.82, 2.24) is 4.90 Å². The highest BCUT2D eigenvalue weighted by Gasteiger charge is 2.28. The van der Waals surface area contributed by atoms with Crippen LogP contribution in [-0.2, 0) is 10.0 Å². The zero-order valence-electron chi connectivity index (χ0n) is 13.8. The lowest BCUT2D eigenvalue weighted by molar-refractivity contribution is 0.0657. The largest absolute Gasteiger partial charge is 0.496 e. The minimum atomic E-state index is -3.89. The third-order valence-corrected chi connectivity index (χ3v) is 5.13. The summed E-state index contributed by atoms with van der Waals surface area (Å²) in [7, 11) is -2.45. The van der Waals surface area contributed by atoms with Gasteiger partial charge >= 0.3 is 0 Å². The van der Waals surface area contributed by atoms with Crippen molar-refractivity contribution in [3.63, 3.8) is 0 Å². The monoisotopic (exact) mass is 377 g/mol. The smallest absolute Gasteiger partial charge is 0.257 e. The number of primary sulfonamides is 1. The molecule has 0 spiro atoms. The fraction of sp³-hybridized carbons (Fsp3) is 0.533. The van der Waals surface area contributed by atoms with Crippen LogP contribution in [-0.4, -0.2) is 45.5 Å². The fourth-order valence-electron chi connectivity index (χ4n) is 2.83. The Bertz CT molecular complexity index is 694. The van der Waals surface area contributed by atoms with Crippen LogP contribution >= 0.6 is 12.4 Å². The van der Waals surface area contributed by atoms with E-state index in [1.165, 1.54) is 25.3 Å². The summed E-state index contributed by atoms with van der Waals surface area (Å²) in [5, 5.41) is 5.15. The number of hydrogen-bond acceptors (Lipinski definition) is 5. The lowest BCUT2D eigenvalue weighted by Crippen LogP contribution is -2.45. The summed E-state index contributed by atoms with van der Waals surface area (Å²) < 4.78 is 28.2. The first-order chi connectivity index (χ1) is 10.7. The van der Waals surface area contributed by atoms with Crippen LogP contribution in [0.5, 0.6) is 5.75 Å². The van der Waals surface area contributed by atoms with Crippen molar-refractivity contribution in [2.75, 3.05) is 20.2 Å². The number of nitrogens with zero attached hydrogens (tertiary/aromatic N) is 1. The average Bonchev–Trinajstić information content (AvgIpc) is 2.52. The van der Waals surface area contributed by atoms with Crippen LogP contribution < -0.4 is 15.6 Å². The number of methoxy groups -OCH3 is 1. The predicted octanol–water partition coefficient (Wildman–Crippen LogP) is 0.964. The molecule has 9 heteroatoms. The first kappa shape index (κ1) is 20.7. The Hall–Kier alpha value is -1.35. The molecule has 0 aromatic heterocycles. The molecule has 1 aliphatic heterocycles. The van der Waals surface area contributed by atoms with E-state index in [4.69, 9.17) is 15.6 Å². The van der Waals surface area contributed by atoms with Gasteiger partial charge in [0.1, 0.15) is 5.75 Å². The highest BCUT2D eigenvalue weighted by atomic mass is 35.5. The molecule has 2 atom stereocenters. The average molecular weight is 378 g/mol. The number of carbonyl (C=O) groups is 1. The van der Waals surface area contributed by atoms with E-state index in [0.29, 0.717) is 18.8 Å². The fourth-order valence-corrected chi connectivity index (χ4v) is 3.36. The summed E-state index contributed by atoms with van der Waals surface area (Å²) in [6.07, 6.45) is 1.85. The first-order valence-corrected chi connectivity index (χ1v) is 9.04. The zero-order chi connectivity index (χ0) is 17.2. The van der Waals surface area contributed by atoms with Gasteiger partial charge in [0.05, 0.1) is 17.6 Å². The van der Waals surface area contributed by atoms with Crippen LogP contribution in [0.25, 0.3) is 0 Å². The molecule has 0 bridgehead atoms. The number of carbonyl (C=O) groups excluding carboxylic acids is 1. The van der Waals surface area contributed by atoms with Crippen molar-refractivity contribution in [2.24, 2.45) is 16.8 Å². The van der Waals surface area contributed by atoms with Crippen LogP contribution in [0.2, 0.25) is 0 Å². The van der Waals surface area contributed by atoms with E-state index in [1.807, 2.05) is 6.92 Å². The molecule has 1 saturated heterocycles. The topological polar surface area (TPSA) is 116 Å². The van der Waals surface area contributed by atoms with Gasteiger partial charge in [-0.1, -0.05) is 0 Å². The molecular weight excluding hydrogens is 354 g/mol. The molecule has 2 rings (SSSR count). The van der Waals surface area contributed by atoms with Gasteiger partial charge in [0, 0.05) is 19.1 Å². The van der Waals surface area contributed by atoms with Crippen LogP contribution in [0, 0.1) is 5.92 Å². The molecule has 0 saturated carbocycles. The predicted molar refractivity (Wildman–Crippen MR) is 93.9 cm³/mol. The summed E-state index contributed by atoms with van der Waals surface area (Å²) in [5.41, 5.74) is 6.15. The number of ether oxygens (including phenoxy) is 1. The Kier molecular flexibility index (Phi) is 7.03.